The van der Waals surface area contributed by atoms with Gasteiger partial charge in [0.2, 0.25) is 11.9 Å². The fraction of sp³-hybridized carbons (Fsp3) is 0.500. The van der Waals surface area contributed by atoms with Crippen LogP contribution in [0.25, 0.3) is 5.95 Å². The Morgan fingerprint density at radius 3 is 2.75 bits per heavy atom. The third-order valence-corrected chi connectivity index (χ3v) is 3.31. The van der Waals surface area contributed by atoms with Crippen LogP contribution in [0.1, 0.15) is 13.3 Å². The molecule has 2 aromatic rings. The minimum atomic E-state index is 0.270. The van der Waals surface area contributed by atoms with Gasteiger partial charge < -0.3 is 5.32 Å². The molecular weight excluding hydrogens is 278 g/mol. The highest BCUT2D eigenvalue weighted by atomic mass is 32.2. The number of anilines is 2. The van der Waals surface area contributed by atoms with E-state index in [9.17, 15) is 0 Å². The van der Waals surface area contributed by atoms with Gasteiger partial charge in [0.15, 0.2) is 0 Å². The highest BCUT2D eigenvalue weighted by molar-refractivity contribution is 7.98. The molecule has 0 aliphatic carbocycles. The van der Waals surface area contributed by atoms with Crippen LogP contribution in [0.5, 0.6) is 0 Å². The number of hydrogen-bond donors (Lipinski definition) is 3. The van der Waals surface area contributed by atoms with E-state index in [0.717, 1.165) is 12.2 Å². The first-order valence-corrected chi connectivity index (χ1v) is 7.49. The van der Waals surface area contributed by atoms with Crippen LogP contribution in [0.4, 0.5) is 11.9 Å². The van der Waals surface area contributed by atoms with Gasteiger partial charge in [-0.2, -0.15) is 36.5 Å². The number of hydrazine groups is 1. The van der Waals surface area contributed by atoms with Crippen molar-refractivity contribution in [1.29, 1.82) is 0 Å². The van der Waals surface area contributed by atoms with Gasteiger partial charge in [-0.15, -0.1) is 0 Å². The Bertz CT molecular complexity index is 530. The maximum Gasteiger partial charge on any atom is 0.258 e. The molecule has 1 atom stereocenters. The van der Waals surface area contributed by atoms with E-state index in [4.69, 9.17) is 5.84 Å². The van der Waals surface area contributed by atoms with E-state index in [1.54, 1.807) is 11.8 Å². The van der Waals surface area contributed by atoms with Crippen LogP contribution in [-0.2, 0) is 0 Å². The van der Waals surface area contributed by atoms with Crippen molar-refractivity contribution in [3.05, 3.63) is 12.7 Å². The van der Waals surface area contributed by atoms with Crippen LogP contribution in [0.2, 0.25) is 0 Å². The molecule has 108 valence electrons. The lowest BCUT2D eigenvalue weighted by molar-refractivity contribution is 0.747. The van der Waals surface area contributed by atoms with E-state index < -0.39 is 0 Å². The second-order valence-electron chi connectivity index (χ2n) is 3.97. The van der Waals surface area contributed by atoms with Gasteiger partial charge in [-0.05, 0) is 12.7 Å². The average Bonchev–Trinajstić information content (AvgIpc) is 3.00. The second-order valence-corrected chi connectivity index (χ2v) is 4.88. The Kier molecular flexibility index (Phi) is 5.07. The van der Waals surface area contributed by atoms with Crippen molar-refractivity contribution in [2.75, 3.05) is 22.8 Å². The lowest BCUT2D eigenvalue weighted by Gasteiger charge is -2.16. The first-order valence-electron chi connectivity index (χ1n) is 6.10. The van der Waals surface area contributed by atoms with Crippen molar-refractivity contribution in [1.82, 2.24) is 29.7 Å². The molecule has 0 saturated carbocycles. The van der Waals surface area contributed by atoms with Gasteiger partial charge in [0.25, 0.3) is 5.95 Å². The van der Waals surface area contributed by atoms with Gasteiger partial charge in [-0.25, -0.2) is 10.8 Å². The maximum atomic E-state index is 5.38. The van der Waals surface area contributed by atoms with Crippen LogP contribution in [0, 0.1) is 0 Å². The molecule has 0 amide bonds. The Labute approximate surface area is 120 Å². The fourth-order valence-electron chi connectivity index (χ4n) is 1.55. The second kappa shape index (κ2) is 7.01. The zero-order chi connectivity index (χ0) is 14.4. The molecule has 20 heavy (non-hydrogen) atoms. The van der Waals surface area contributed by atoms with Crippen LogP contribution in [-0.4, -0.2) is 47.8 Å². The van der Waals surface area contributed by atoms with Crippen molar-refractivity contribution in [2.24, 2.45) is 5.84 Å². The molecule has 2 rings (SSSR count). The highest BCUT2D eigenvalue weighted by Gasteiger charge is 2.11. The Hall–Kier alpha value is -1.94. The van der Waals surface area contributed by atoms with Crippen molar-refractivity contribution in [3.63, 3.8) is 0 Å². The molecule has 0 saturated heterocycles. The molecule has 0 aliphatic heterocycles. The third-order valence-electron chi connectivity index (χ3n) is 2.57. The summed E-state index contributed by atoms with van der Waals surface area (Å²) >= 11 is 1.76. The van der Waals surface area contributed by atoms with E-state index in [0.29, 0.717) is 11.9 Å². The zero-order valence-corrected chi connectivity index (χ0v) is 12.1. The number of nitrogens with zero attached hydrogens (tertiary/aromatic N) is 6. The third kappa shape index (κ3) is 3.54. The van der Waals surface area contributed by atoms with Crippen molar-refractivity contribution in [3.8, 4) is 5.95 Å². The predicted octanol–water partition coefficient (Wildman–Crippen LogP) is 0.291. The number of thioether (sulfide) groups is 1. The molecule has 0 bridgehead atoms. The summed E-state index contributed by atoms with van der Waals surface area (Å²) in [5.74, 6) is 7.43. The quantitative estimate of drug-likeness (QED) is 0.489. The van der Waals surface area contributed by atoms with E-state index in [1.165, 1.54) is 17.3 Å². The molecular formula is C10H17N9S. The van der Waals surface area contributed by atoms with E-state index in [-0.39, 0.29) is 12.0 Å². The zero-order valence-electron chi connectivity index (χ0n) is 11.3. The van der Waals surface area contributed by atoms with E-state index in [2.05, 4.69) is 49.0 Å². The molecule has 1 unspecified atom stereocenters. The highest BCUT2D eigenvalue weighted by Crippen LogP contribution is 2.11. The van der Waals surface area contributed by atoms with Gasteiger partial charge >= 0.3 is 0 Å². The molecule has 0 fully saturated rings. The Balaban J connectivity index is 2.26. The summed E-state index contributed by atoms with van der Waals surface area (Å²) in [6.45, 7) is 2.11. The Morgan fingerprint density at radius 2 is 2.15 bits per heavy atom. The van der Waals surface area contributed by atoms with Crippen LogP contribution >= 0.6 is 11.8 Å². The molecule has 0 radical (unpaired) electrons. The first-order chi connectivity index (χ1) is 9.76. The summed E-state index contributed by atoms with van der Waals surface area (Å²) in [6, 6.07) is 0.279. The summed E-state index contributed by atoms with van der Waals surface area (Å²) < 4.78 is 1.45. The topological polar surface area (TPSA) is 119 Å². The van der Waals surface area contributed by atoms with Gasteiger partial charge in [-0.3, -0.25) is 5.43 Å². The Morgan fingerprint density at radius 1 is 1.35 bits per heavy atom. The molecule has 0 aliphatic rings. The standard InChI is InChI=1S/C10H17N9S/c1-3-7(4-20-2)14-8-15-9(18-11)17-10(16-8)19-6-12-5-13-19/h5-7H,3-4,11H2,1-2H3,(H2,14,15,16,17,18). The summed E-state index contributed by atoms with van der Waals surface area (Å²) in [7, 11) is 0. The minimum absolute atomic E-state index is 0.270. The largest absolute Gasteiger partial charge is 0.350 e. The van der Waals surface area contributed by atoms with Crippen molar-refractivity contribution < 1.29 is 0 Å². The maximum absolute atomic E-state index is 5.38. The smallest absolute Gasteiger partial charge is 0.258 e. The summed E-state index contributed by atoms with van der Waals surface area (Å²) in [5.41, 5.74) is 2.42. The first kappa shape index (κ1) is 14.5. The number of rotatable bonds is 7. The monoisotopic (exact) mass is 295 g/mol. The van der Waals surface area contributed by atoms with Crippen molar-refractivity contribution in [2.45, 2.75) is 19.4 Å². The van der Waals surface area contributed by atoms with E-state index in [1.807, 2.05) is 0 Å². The molecule has 2 heterocycles. The molecule has 9 nitrogen and oxygen atoms in total. The molecule has 10 heteroatoms. The van der Waals surface area contributed by atoms with Crippen LogP contribution < -0.4 is 16.6 Å². The van der Waals surface area contributed by atoms with Crippen LogP contribution in [0.3, 0.4) is 0 Å². The number of aromatic nitrogens is 6. The van der Waals surface area contributed by atoms with Crippen molar-refractivity contribution >= 4 is 23.7 Å². The summed E-state index contributed by atoms with van der Waals surface area (Å²) in [4.78, 5) is 16.5. The molecule has 4 N–H and O–H groups in total. The lowest BCUT2D eigenvalue weighted by Crippen LogP contribution is -2.24. The summed E-state index contributed by atoms with van der Waals surface area (Å²) in [6.07, 6.45) is 5.95. The van der Waals surface area contributed by atoms with Gasteiger partial charge in [0, 0.05) is 11.8 Å². The fourth-order valence-corrected chi connectivity index (χ4v) is 2.27. The van der Waals surface area contributed by atoms with Crippen LogP contribution in [0.15, 0.2) is 12.7 Å². The SMILES string of the molecule is CCC(CSC)Nc1nc(NN)nc(-n2cncn2)n1. The predicted molar refractivity (Wildman–Crippen MR) is 78.6 cm³/mol. The molecule has 2 aromatic heterocycles. The van der Waals surface area contributed by atoms with E-state index >= 15 is 0 Å². The minimum Gasteiger partial charge on any atom is -0.350 e. The lowest BCUT2D eigenvalue weighted by atomic mass is 10.3. The normalized spacial score (nSPS) is 12.2. The molecule has 0 aromatic carbocycles. The number of hydrogen-bond acceptors (Lipinski definition) is 9. The molecule has 0 spiro atoms. The number of nitrogens with two attached hydrogens (primary N) is 1. The van der Waals surface area contributed by atoms with Gasteiger partial charge in [0.05, 0.1) is 0 Å². The van der Waals surface area contributed by atoms with Gasteiger partial charge in [-0.1, -0.05) is 6.92 Å². The van der Waals surface area contributed by atoms with Gasteiger partial charge in [0.1, 0.15) is 12.7 Å². The summed E-state index contributed by atoms with van der Waals surface area (Å²) in [5, 5.41) is 7.26. The number of nitrogens with one attached hydrogen (secondary N) is 2. The number of nitrogen functional groups attached to an aromatic ring is 1. The average molecular weight is 295 g/mol.